The fraction of sp³-hybridized carbons (Fsp3) is 0.917. The Morgan fingerprint density at radius 1 is 1.06 bits per heavy atom. The van der Waals surface area contributed by atoms with Crippen LogP contribution in [-0.2, 0) is 4.79 Å². The Labute approximate surface area is 97.8 Å². The molecule has 2 fully saturated rings. The number of amides is 1. The summed E-state index contributed by atoms with van der Waals surface area (Å²) in [6.45, 7) is 3.83. The minimum absolute atomic E-state index is 0.253. The zero-order valence-electron chi connectivity index (χ0n) is 10.2. The second kappa shape index (κ2) is 5.15. The molecule has 0 bridgehead atoms. The number of carbonyl (C=O) groups is 1. The van der Waals surface area contributed by atoms with Gasteiger partial charge < -0.3 is 15.5 Å². The number of nitrogens with two attached hydrogens (primary N) is 1. The SMILES string of the molecule is CN1CCN(C(=O)C2CCC(N)CC2)CC1. The number of carbonyl (C=O) groups excluding carboxylic acids is 1. The van der Waals surface area contributed by atoms with Crippen molar-refractivity contribution in [3.8, 4) is 0 Å². The topological polar surface area (TPSA) is 49.6 Å². The number of hydrogen-bond acceptors (Lipinski definition) is 3. The van der Waals surface area contributed by atoms with Gasteiger partial charge in [0.1, 0.15) is 0 Å². The van der Waals surface area contributed by atoms with Gasteiger partial charge in [-0.05, 0) is 32.7 Å². The summed E-state index contributed by atoms with van der Waals surface area (Å²) < 4.78 is 0. The van der Waals surface area contributed by atoms with Gasteiger partial charge >= 0.3 is 0 Å². The van der Waals surface area contributed by atoms with Crippen molar-refractivity contribution in [2.45, 2.75) is 31.7 Å². The first-order valence-electron chi connectivity index (χ1n) is 6.39. The lowest BCUT2D eigenvalue weighted by molar-refractivity contribution is -0.138. The van der Waals surface area contributed by atoms with Crippen molar-refractivity contribution in [2.24, 2.45) is 11.7 Å². The Bertz CT molecular complexity index is 217. The second-order valence-corrected chi connectivity index (χ2v) is 5.24. The van der Waals surface area contributed by atoms with Crippen molar-refractivity contribution < 1.29 is 4.79 Å². The van der Waals surface area contributed by atoms with E-state index in [1.165, 1.54) is 0 Å². The fourth-order valence-electron chi connectivity index (χ4n) is 2.65. The van der Waals surface area contributed by atoms with E-state index >= 15 is 0 Å². The van der Waals surface area contributed by atoms with Gasteiger partial charge in [0.2, 0.25) is 5.91 Å². The molecule has 2 aliphatic rings. The number of piperazine rings is 1. The molecule has 2 N–H and O–H groups in total. The fourth-order valence-corrected chi connectivity index (χ4v) is 2.65. The van der Waals surface area contributed by atoms with Gasteiger partial charge in [0.05, 0.1) is 0 Å². The van der Waals surface area contributed by atoms with Crippen LogP contribution in [0.2, 0.25) is 0 Å². The standard InChI is InChI=1S/C12H23N3O/c1-14-6-8-15(9-7-14)12(16)10-2-4-11(13)5-3-10/h10-11H,2-9,13H2,1H3. The lowest BCUT2D eigenvalue weighted by atomic mass is 9.85. The maximum Gasteiger partial charge on any atom is 0.225 e. The van der Waals surface area contributed by atoms with Crippen molar-refractivity contribution >= 4 is 5.91 Å². The van der Waals surface area contributed by atoms with Crippen LogP contribution in [0.15, 0.2) is 0 Å². The molecule has 0 aromatic carbocycles. The highest BCUT2D eigenvalue weighted by atomic mass is 16.2. The molecule has 1 amide bonds. The molecule has 1 saturated carbocycles. The van der Waals surface area contributed by atoms with E-state index in [4.69, 9.17) is 5.73 Å². The van der Waals surface area contributed by atoms with E-state index in [2.05, 4.69) is 11.9 Å². The molecule has 0 unspecified atom stereocenters. The number of hydrogen-bond donors (Lipinski definition) is 1. The lowest BCUT2D eigenvalue weighted by Crippen LogP contribution is -2.49. The molecule has 16 heavy (non-hydrogen) atoms. The first-order valence-corrected chi connectivity index (χ1v) is 6.39. The minimum atomic E-state index is 0.253. The van der Waals surface area contributed by atoms with Crippen molar-refractivity contribution in [1.82, 2.24) is 9.80 Å². The third-order valence-electron chi connectivity index (χ3n) is 3.94. The molecule has 2 rings (SSSR count). The van der Waals surface area contributed by atoms with Crippen molar-refractivity contribution in [3.05, 3.63) is 0 Å². The average molecular weight is 225 g/mol. The highest BCUT2D eigenvalue weighted by molar-refractivity contribution is 5.79. The Balaban J connectivity index is 1.83. The van der Waals surface area contributed by atoms with E-state index in [0.717, 1.165) is 51.9 Å². The molecule has 0 spiro atoms. The third-order valence-corrected chi connectivity index (χ3v) is 3.94. The smallest absolute Gasteiger partial charge is 0.225 e. The van der Waals surface area contributed by atoms with E-state index in [-0.39, 0.29) is 5.92 Å². The summed E-state index contributed by atoms with van der Waals surface area (Å²) in [6.07, 6.45) is 4.02. The quantitative estimate of drug-likeness (QED) is 0.697. The van der Waals surface area contributed by atoms with Crippen molar-refractivity contribution in [1.29, 1.82) is 0 Å². The van der Waals surface area contributed by atoms with Gasteiger partial charge in [-0.25, -0.2) is 0 Å². The monoisotopic (exact) mass is 225 g/mol. The summed E-state index contributed by atoms with van der Waals surface area (Å²) in [7, 11) is 2.11. The van der Waals surface area contributed by atoms with Gasteiger partial charge in [-0.15, -0.1) is 0 Å². The highest BCUT2D eigenvalue weighted by Crippen LogP contribution is 2.25. The zero-order chi connectivity index (χ0) is 11.5. The van der Waals surface area contributed by atoms with Crippen LogP contribution >= 0.6 is 0 Å². The Morgan fingerprint density at radius 2 is 1.62 bits per heavy atom. The van der Waals surface area contributed by atoms with E-state index in [1.807, 2.05) is 4.90 Å². The summed E-state index contributed by atoms with van der Waals surface area (Å²) in [6, 6.07) is 0.330. The van der Waals surface area contributed by atoms with Crippen molar-refractivity contribution in [2.75, 3.05) is 33.2 Å². The normalized spacial score (nSPS) is 32.8. The molecular formula is C12H23N3O. The maximum atomic E-state index is 12.2. The number of nitrogens with zero attached hydrogens (tertiary/aromatic N) is 2. The summed E-state index contributed by atoms with van der Waals surface area (Å²) >= 11 is 0. The third kappa shape index (κ3) is 2.74. The summed E-state index contributed by atoms with van der Waals surface area (Å²) in [4.78, 5) is 16.6. The molecule has 1 aliphatic carbocycles. The molecule has 1 saturated heterocycles. The van der Waals surface area contributed by atoms with Gasteiger partial charge in [0.15, 0.2) is 0 Å². The maximum absolute atomic E-state index is 12.2. The Hall–Kier alpha value is -0.610. The highest BCUT2D eigenvalue weighted by Gasteiger charge is 2.29. The Kier molecular flexibility index (Phi) is 3.82. The van der Waals surface area contributed by atoms with Gasteiger partial charge in [0.25, 0.3) is 0 Å². The van der Waals surface area contributed by atoms with Crippen LogP contribution in [0.5, 0.6) is 0 Å². The molecule has 0 atom stereocenters. The molecule has 1 heterocycles. The lowest BCUT2D eigenvalue weighted by Gasteiger charge is -2.36. The largest absolute Gasteiger partial charge is 0.340 e. The van der Waals surface area contributed by atoms with Crippen LogP contribution in [0, 0.1) is 5.92 Å². The van der Waals surface area contributed by atoms with Gasteiger partial charge in [0, 0.05) is 38.1 Å². The van der Waals surface area contributed by atoms with Crippen LogP contribution in [-0.4, -0.2) is 55.0 Å². The molecule has 0 radical (unpaired) electrons. The molecule has 92 valence electrons. The first kappa shape index (κ1) is 11.9. The molecular weight excluding hydrogens is 202 g/mol. The predicted octanol–water partition coefficient (Wildman–Crippen LogP) is 0.278. The van der Waals surface area contributed by atoms with Gasteiger partial charge in [-0.1, -0.05) is 0 Å². The van der Waals surface area contributed by atoms with Gasteiger partial charge in [-0.3, -0.25) is 4.79 Å². The second-order valence-electron chi connectivity index (χ2n) is 5.24. The van der Waals surface area contributed by atoms with E-state index in [1.54, 1.807) is 0 Å². The Morgan fingerprint density at radius 3 is 2.19 bits per heavy atom. The van der Waals surface area contributed by atoms with Crippen LogP contribution < -0.4 is 5.73 Å². The number of rotatable bonds is 1. The van der Waals surface area contributed by atoms with E-state index < -0.39 is 0 Å². The van der Waals surface area contributed by atoms with E-state index in [0.29, 0.717) is 11.9 Å². The molecule has 0 aromatic rings. The predicted molar refractivity (Wildman–Crippen MR) is 64.0 cm³/mol. The summed E-state index contributed by atoms with van der Waals surface area (Å²) in [5.74, 6) is 0.628. The van der Waals surface area contributed by atoms with Gasteiger partial charge in [-0.2, -0.15) is 0 Å². The van der Waals surface area contributed by atoms with Crippen LogP contribution in [0.3, 0.4) is 0 Å². The number of likely N-dealkylation sites (N-methyl/N-ethyl adjacent to an activating group) is 1. The molecule has 4 nitrogen and oxygen atoms in total. The van der Waals surface area contributed by atoms with Crippen molar-refractivity contribution in [3.63, 3.8) is 0 Å². The zero-order valence-corrected chi connectivity index (χ0v) is 10.2. The average Bonchev–Trinajstić information content (AvgIpc) is 2.30. The molecule has 1 aliphatic heterocycles. The van der Waals surface area contributed by atoms with E-state index in [9.17, 15) is 4.79 Å². The van der Waals surface area contributed by atoms with Crippen LogP contribution in [0.25, 0.3) is 0 Å². The first-order chi connectivity index (χ1) is 7.66. The van der Waals surface area contributed by atoms with Crippen LogP contribution in [0.4, 0.5) is 0 Å². The molecule has 4 heteroatoms. The van der Waals surface area contributed by atoms with Crippen LogP contribution in [0.1, 0.15) is 25.7 Å². The molecule has 0 aromatic heterocycles. The summed E-state index contributed by atoms with van der Waals surface area (Å²) in [5.41, 5.74) is 5.86. The summed E-state index contributed by atoms with van der Waals surface area (Å²) in [5, 5.41) is 0. The minimum Gasteiger partial charge on any atom is -0.340 e.